The molecule has 0 atom stereocenters. The van der Waals surface area contributed by atoms with Crippen molar-refractivity contribution in [3.8, 4) is 0 Å². The van der Waals surface area contributed by atoms with Crippen molar-refractivity contribution in [3.63, 3.8) is 0 Å². The summed E-state index contributed by atoms with van der Waals surface area (Å²) in [5.74, 6) is 2.87. The number of pyridine rings is 1. The number of hydrogen-bond acceptors (Lipinski definition) is 3. The van der Waals surface area contributed by atoms with Crippen LogP contribution >= 0.6 is 12.2 Å². The van der Waals surface area contributed by atoms with E-state index in [2.05, 4.69) is 16.4 Å². The molecule has 4 aliphatic carbocycles. The second-order valence-electron chi connectivity index (χ2n) is 7.12. The lowest BCUT2D eigenvalue weighted by atomic mass is 9.53. The lowest BCUT2D eigenvalue weighted by Gasteiger charge is -2.57. The number of hydrogen-bond donors (Lipinski definition) is 2. The van der Waals surface area contributed by atoms with Gasteiger partial charge in [0.2, 0.25) is 0 Å². The third-order valence-corrected chi connectivity index (χ3v) is 5.67. The molecule has 5 rings (SSSR count). The van der Waals surface area contributed by atoms with Crippen molar-refractivity contribution in [2.24, 2.45) is 23.5 Å². The third-order valence-electron chi connectivity index (χ3n) is 5.46. The first-order valence-corrected chi connectivity index (χ1v) is 8.07. The van der Waals surface area contributed by atoms with E-state index in [0.717, 1.165) is 23.4 Å². The van der Waals surface area contributed by atoms with E-state index in [9.17, 15) is 0 Å². The Bertz CT molecular complexity index is 502. The Morgan fingerprint density at radius 1 is 1.15 bits per heavy atom. The zero-order valence-electron chi connectivity index (χ0n) is 11.6. The van der Waals surface area contributed by atoms with Gasteiger partial charge < -0.3 is 11.1 Å². The fourth-order valence-electron chi connectivity index (χ4n) is 5.18. The molecule has 0 spiro atoms. The van der Waals surface area contributed by atoms with Gasteiger partial charge >= 0.3 is 0 Å². The lowest BCUT2D eigenvalue weighted by molar-refractivity contribution is 0.0107. The summed E-state index contributed by atoms with van der Waals surface area (Å²) in [6.45, 7) is 0. The Labute approximate surface area is 125 Å². The number of nitrogens with zero attached hydrogens (tertiary/aromatic N) is 1. The first-order valence-electron chi connectivity index (χ1n) is 7.66. The topological polar surface area (TPSA) is 50.9 Å². The number of thiocarbonyl (C=S) groups is 1. The van der Waals surface area contributed by atoms with Crippen LogP contribution in [-0.2, 0) is 0 Å². The molecule has 0 unspecified atom stereocenters. The number of nitrogens with one attached hydrogen (secondary N) is 1. The van der Waals surface area contributed by atoms with Gasteiger partial charge in [-0.25, -0.2) is 0 Å². The number of anilines is 1. The van der Waals surface area contributed by atoms with Crippen LogP contribution in [0.25, 0.3) is 0 Å². The van der Waals surface area contributed by atoms with Crippen molar-refractivity contribution in [2.75, 3.05) is 5.32 Å². The summed E-state index contributed by atoms with van der Waals surface area (Å²) in [6, 6.07) is 3.99. The maximum atomic E-state index is 5.60. The number of aromatic nitrogens is 1. The molecule has 0 aromatic carbocycles. The van der Waals surface area contributed by atoms with Gasteiger partial charge in [-0.2, -0.15) is 0 Å². The summed E-state index contributed by atoms with van der Waals surface area (Å²) in [4.78, 5) is 4.71. The van der Waals surface area contributed by atoms with Gasteiger partial charge in [0.05, 0.1) is 17.6 Å². The highest BCUT2D eigenvalue weighted by atomic mass is 32.1. The van der Waals surface area contributed by atoms with E-state index >= 15 is 0 Å². The van der Waals surface area contributed by atoms with Crippen molar-refractivity contribution in [1.82, 2.24) is 4.98 Å². The van der Waals surface area contributed by atoms with E-state index in [-0.39, 0.29) is 0 Å². The maximum absolute atomic E-state index is 5.60. The zero-order valence-corrected chi connectivity index (χ0v) is 12.5. The van der Waals surface area contributed by atoms with Crippen molar-refractivity contribution in [1.29, 1.82) is 0 Å². The fourth-order valence-corrected chi connectivity index (χ4v) is 5.30. The van der Waals surface area contributed by atoms with Gasteiger partial charge in [0.1, 0.15) is 4.99 Å². The highest BCUT2D eigenvalue weighted by molar-refractivity contribution is 7.80. The van der Waals surface area contributed by atoms with Crippen LogP contribution in [0, 0.1) is 17.8 Å². The van der Waals surface area contributed by atoms with Crippen molar-refractivity contribution < 1.29 is 0 Å². The van der Waals surface area contributed by atoms with E-state index in [0.29, 0.717) is 16.2 Å². The molecule has 4 saturated carbocycles. The molecule has 4 bridgehead atoms. The zero-order chi connectivity index (χ0) is 13.7. The maximum Gasteiger partial charge on any atom is 0.122 e. The van der Waals surface area contributed by atoms with Crippen LogP contribution in [0.3, 0.4) is 0 Å². The molecule has 1 aromatic heterocycles. The van der Waals surface area contributed by atoms with Crippen LogP contribution in [0.1, 0.15) is 44.2 Å². The van der Waals surface area contributed by atoms with E-state index in [1.165, 1.54) is 38.5 Å². The predicted molar refractivity (Wildman–Crippen MR) is 84.7 cm³/mol. The smallest absolute Gasteiger partial charge is 0.122 e. The second kappa shape index (κ2) is 4.42. The van der Waals surface area contributed by atoms with E-state index in [1.807, 2.05) is 12.3 Å². The molecule has 106 valence electrons. The van der Waals surface area contributed by atoms with Gasteiger partial charge in [0.15, 0.2) is 0 Å². The molecular weight excluding hydrogens is 266 g/mol. The van der Waals surface area contributed by atoms with Crippen LogP contribution < -0.4 is 11.1 Å². The van der Waals surface area contributed by atoms with Crippen molar-refractivity contribution >= 4 is 22.9 Å². The molecule has 4 aliphatic rings. The molecular formula is C16H21N3S. The van der Waals surface area contributed by atoms with Crippen LogP contribution in [0.15, 0.2) is 18.3 Å². The molecule has 3 nitrogen and oxygen atoms in total. The van der Waals surface area contributed by atoms with Crippen LogP contribution in [0.4, 0.5) is 5.69 Å². The molecule has 4 fully saturated rings. The summed E-state index contributed by atoms with van der Waals surface area (Å²) in [6.07, 6.45) is 10.3. The fraction of sp³-hybridized carbons (Fsp3) is 0.625. The van der Waals surface area contributed by atoms with E-state index < -0.39 is 0 Å². The molecule has 20 heavy (non-hydrogen) atoms. The van der Waals surface area contributed by atoms with Crippen molar-refractivity contribution in [3.05, 3.63) is 24.0 Å². The molecule has 1 aromatic rings. The quantitative estimate of drug-likeness (QED) is 0.839. The molecule has 1 heterocycles. The Morgan fingerprint density at radius 3 is 2.20 bits per heavy atom. The Morgan fingerprint density at radius 2 is 1.75 bits per heavy atom. The molecule has 0 saturated heterocycles. The molecule has 0 radical (unpaired) electrons. The SMILES string of the molecule is NC(=S)c1ccc(NC23CC4CC(CC(C4)C2)C3)cn1. The van der Waals surface area contributed by atoms with Gasteiger partial charge in [0, 0.05) is 5.54 Å². The average molecular weight is 287 g/mol. The van der Waals surface area contributed by atoms with Crippen LogP contribution in [0.5, 0.6) is 0 Å². The minimum absolute atomic E-state index is 0.334. The highest BCUT2D eigenvalue weighted by Gasteiger charge is 2.50. The average Bonchev–Trinajstić information content (AvgIpc) is 2.37. The van der Waals surface area contributed by atoms with Crippen molar-refractivity contribution in [2.45, 2.75) is 44.1 Å². The highest BCUT2D eigenvalue weighted by Crippen LogP contribution is 2.56. The van der Waals surface area contributed by atoms with E-state index in [1.54, 1.807) is 0 Å². The first-order chi connectivity index (χ1) is 9.62. The number of nitrogens with two attached hydrogens (primary N) is 1. The van der Waals surface area contributed by atoms with Gasteiger partial charge in [-0.3, -0.25) is 4.98 Å². The summed E-state index contributed by atoms with van der Waals surface area (Å²) < 4.78 is 0. The lowest BCUT2D eigenvalue weighted by Crippen LogP contribution is -2.54. The number of rotatable bonds is 3. The van der Waals surface area contributed by atoms with Gasteiger partial charge in [-0.05, 0) is 68.4 Å². The summed E-state index contributed by atoms with van der Waals surface area (Å²) in [5, 5.41) is 3.81. The third kappa shape index (κ3) is 2.10. The first kappa shape index (κ1) is 12.6. The Balaban J connectivity index is 1.55. The normalized spacial score (nSPS) is 37.9. The summed E-state index contributed by atoms with van der Waals surface area (Å²) in [5.41, 5.74) is 7.76. The molecule has 4 heteroatoms. The predicted octanol–water partition coefficient (Wildman–Crippen LogP) is 3.10. The Hall–Kier alpha value is -1.16. The summed E-state index contributed by atoms with van der Waals surface area (Å²) in [7, 11) is 0. The molecule has 0 amide bonds. The second-order valence-corrected chi connectivity index (χ2v) is 7.56. The van der Waals surface area contributed by atoms with Crippen LogP contribution in [0.2, 0.25) is 0 Å². The summed E-state index contributed by atoms with van der Waals surface area (Å²) >= 11 is 4.95. The standard InChI is InChI=1S/C16H21N3S/c17-15(20)14-2-1-13(9-18-14)19-16-6-10-3-11(7-16)5-12(4-10)8-16/h1-2,9-12,19H,3-8H2,(H2,17,20). The van der Waals surface area contributed by atoms with Gasteiger partial charge in [0.25, 0.3) is 0 Å². The largest absolute Gasteiger partial charge is 0.388 e. The van der Waals surface area contributed by atoms with Gasteiger partial charge in [-0.1, -0.05) is 12.2 Å². The monoisotopic (exact) mass is 287 g/mol. The Kier molecular flexibility index (Phi) is 2.78. The molecule has 0 aliphatic heterocycles. The minimum atomic E-state index is 0.334. The molecule has 3 N–H and O–H groups in total. The van der Waals surface area contributed by atoms with Crippen LogP contribution in [-0.4, -0.2) is 15.5 Å². The van der Waals surface area contributed by atoms with E-state index in [4.69, 9.17) is 18.0 Å². The minimum Gasteiger partial charge on any atom is -0.388 e. The van der Waals surface area contributed by atoms with Gasteiger partial charge in [-0.15, -0.1) is 0 Å².